The maximum absolute atomic E-state index is 6.02. The van der Waals surface area contributed by atoms with E-state index in [9.17, 15) is 0 Å². The summed E-state index contributed by atoms with van der Waals surface area (Å²) in [5.74, 6) is 1.70. The molecule has 2 heterocycles. The third-order valence-electron chi connectivity index (χ3n) is 4.36. The SMILES string of the molecule is CC1CCCN(c2nccc3c(Br)cccc23)C1CN. The minimum absolute atomic E-state index is 0.390. The topological polar surface area (TPSA) is 42.2 Å². The number of hydrogen-bond donors (Lipinski definition) is 1. The van der Waals surface area contributed by atoms with E-state index in [0.717, 1.165) is 16.8 Å². The van der Waals surface area contributed by atoms with Gasteiger partial charge in [-0.3, -0.25) is 0 Å². The lowest BCUT2D eigenvalue weighted by molar-refractivity contribution is 0.348. The summed E-state index contributed by atoms with van der Waals surface area (Å²) in [6, 6.07) is 8.75. The van der Waals surface area contributed by atoms with Crippen LogP contribution in [-0.4, -0.2) is 24.1 Å². The van der Waals surface area contributed by atoms with Gasteiger partial charge >= 0.3 is 0 Å². The van der Waals surface area contributed by atoms with Crippen LogP contribution in [0.4, 0.5) is 5.82 Å². The van der Waals surface area contributed by atoms with Gasteiger partial charge in [0.1, 0.15) is 5.82 Å². The van der Waals surface area contributed by atoms with E-state index in [2.05, 4.69) is 57.0 Å². The van der Waals surface area contributed by atoms with E-state index in [1.165, 1.54) is 23.6 Å². The molecule has 3 rings (SSSR count). The van der Waals surface area contributed by atoms with Crippen LogP contribution in [0.15, 0.2) is 34.9 Å². The second-order valence-electron chi connectivity index (χ2n) is 5.59. The molecule has 2 unspecified atom stereocenters. The van der Waals surface area contributed by atoms with Gasteiger partial charge in [-0.05, 0) is 30.9 Å². The van der Waals surface area contributed by atoms with Gasteiger partial charge in [0.2, 0.25) is 0 Å². The minimum Gasteiger partial charge on any atom is -0.352 e. The number of piperidine rings is 1. The fourth-order valence-corrected chi connectivity index (χ4v) is 3.75. The predicted octanol–water partition coefficient (Wildman–Crippen LogP) is 3.56. The lowest BCUT2D eigenvalue weighted by Crippen LogP contribution is -2.49. The molecule has 106 valence electrons. The summed E-state index contributed by atoms with van der Waals surface area (Å²) < 4.78 is 1.12. The fraction of sp³-hybridized carbons (Fsp3) is 0.438. The van der Waals surface area contributed by atoms with Crippen LogP contribution in [0.5, 0.6) is 0 Å². The molecular weight excluding hydrogens is 314 g/mol. The Morgan fingerprint density at radius 2 is 2.20 bits per heavy atom. The summed E-state index contributed by atoms with van der Waals surface area (Å²) >= 11 is 3.63. The molecular formula is C16H20BrN3. The average Bonchev–Trinajstić information content (AvgIpc) is 2.47. The molecule has 1 aliphatic rings. The van der Waals surface area contributed by atoms with Crippen molar-refractivity contribution in [1.29, 1.82) is 0 Å². The zero-order valence-electron chi connectivity index (χ0n) is 11.7. The molecule has 4 heteroatoms. The first kappa shape index (κ1) is 13.8. The van der Waals surface area contributed by atoms with Gasteiger partial charge in [0.05, 0.1) is 0 Å². The Labute approximate surface area is 128 Å². The zero-order chi connectivity index (χ0) is 14.1. The normalized spacial score (nSPS) is 23.2. The summed E-state index contributed by atoms with van der Waals surface area (Å²) in [7, 11) is 0. The summed E-state index contributed by atoms with van der Waals surface area (Å²) in [5, 5.41) is 2.42. The Morgan fingerprint density at radius 1 is 1.35 bits per heavy atom. The van der Waals surface area contributed by atoms with Crippen molar-refractivity contribution < 1.29 is 0 Å². The van der Waals surface area contributed by atoms with Crippen LogP contribution >= 0.6 is 15.9 Å². The molecule has 0 radical (unpaired) electrons. The number of anilines is 1. The van der Waals surface area contributed by atoms with E-state index in [0.29, 0.717) is 18.5 Å². The number of halogens is 1. The third-order valence-corrected chi connectivity index (χ3v) is 5.05. The van der Waals surface area contributed by atoms with Crippen molar-refractivity contribution in [3.8, 4) is 0 Å². The number of hydrogen-bond acceptors (Lipinski definition) is 3. The van der Waals surface area contributed by atoms with Crippen molar-refractivity contribution in [3.05, 3.63) is 34.9 Å². The van der Waals surface area contributed by atoms with Crippen molar-refractivity contribution in [1.82, 2.24) is 4.98 Å². The lowest BCUT2D eigenvalue weighted by Gasteiger charge is -2.40. The Hall–Kier alpha value is -1.13. The van der Waals surface area contributed by atoms with Crippen LogP contribution in [0.25, 0.3) is 10.8 Å². The second-order valence-corrected chi connectivity index (χ2v) is 6.44. The highest BCUT2D eigenvalue weighted by molar-refractivity contribution is 9.10. The highest BCUT2D eigenvalue weighted by atomic mass is 79.9. The van der Waals surface area contributed by atoms with Crippen LogP contribution in [0.1, 0.15) is 19.8 Å². The molecule has 20 heavy (non-hydrogen) atoms. The average molecular weight is 334 g/mol. The molecule has 1 aliphatic heterocycles. The third kappa shape index (κ3) is 2.31. The summed E-state index contributed by atoms with van der Waals surface area (Å²) in [5.41, 5.74) is 6.02. The second kappa shape index (κ2) is 5.70. The van der Waals surface area contributed by atoms with Gasteiger partial charge in [-0.25, -0.2) is 4.98 Å². The number of aromatic nitrogens is 1. The largest absolute Gasteiger partial charge is 0.352 e. The monoisotopic (exact) mass is 333 g/mol. The molecule has 0 amide bonds. The first-order valence-corrected chi connectivity index (χ1v) is 8.01. The van der Waals surface area contributed by atoms with E-state index >= 15 is 0 Å². The number of benzene rings is 1. The molecule has 2 N–H and O–H groups in total. The number of pyridine rings is 1. The van der Waals surface area contributed by atoms with Gasteiger partial charge in [-0.2, -0.15) is 0 Å². The van der Waals surface area contributed by atoms with Crippen molar-refractivity contribution in [2.75, 3.05) is 18.0 Å². The summed E-state index contributed by atoms with van der Waals surface area (Å²) in [4.78, 5) is 7.06. The molecule has 2 aromatic rings. The summed E-state index contributed by atoms with van der Waals surface area (Å²) in [6.45, 7) is 4.03. The molecule has 1 saturated heterocycles. The molecule has 0 spiro atoms. The number of nitrogens with two attached hydrogens (primary N) is 1. The minimum atomic E-state index is 0.390. The van der Waals surface area contributed by atoms with E-state index in [-0.39, 0.29) is 0 Å². The van der Waals surface area contributed by atoms with E-state index in [1.807, 2.05) is 6.20 Å². The van der Waals surface area contributed by atoms with Crippen LogP contribution in [0.2, 0.25) is 0 Å². The molecule has 2 atom stereocenters. The van der Waals surface area contributed by atoms with Crippen LogP contribution < -0.4 is 10.6 Å². The van der Waals surface area contributed by atoms with Gasteiger partial charge in [-0.1, -0.05) is 35.0 Å². The van der Waals surface area contributed by atoms with Crippen molar-refractivity contribution >= 4 is 32.5 Å². The van der Waals surface area contributed by atoms with Crippen LogP contribution in [0.3, 0.4) is 0 Å². The van der Waals surface area contributed by atoms with Gasteiger partial charge < -0.3 is 10.6 Å². The lowest BCUT2D eigenvalue weighted by atomic mass is 9.90. The number of rotatable bonds is 2. The first-order chi connectivity index (χ1) is 9.72. The number of nitrogens with zero attached hydrogens (tertiary/aromatic N) is 2. The van der Waals surface area contributed by atoms with Gasteiger partial charge in [-0.15, -0.1) is 0 Å². The van der Waals surface area contributed by atoms with Gasteiger partial charge in [0, 0.05) is 40.6 Å². The quantitative estimate of drug-likeness (QED) is 0.913. The zero-order valence-corrected chi connectivity index (χ0v) is 13.3. The van der Waals surface area contributed by atoms with Gasteiger partial charge in [0.25, 0.3) is 0 Å². The van der Waals surface area contributed by atoms with Crippen LogP contribution in [0, 0.1) is 5.92 Å². The molecule has 1 fully saturated rings. The first-order valence-electron chi connectivity index (χ1n) is 7.22. The predicted molar refractivity (Wildman–Crippen MR) is 88.0 cm³/mol. The van der Waals surface area contributed by atoms with Crippen molar-refractivity contribution in [2.24, 2.45) is 11.7 Å². The number of fused-ring (bicyclic) bond motifs is 1. The Kier molecular flexibility index (Phi) is 3.94. The highest BCUT2D eigenvalue weighted by Gasteiger charge is 2.29. The highest BCUT2D eigenvalue weighted by Crippen LogP contribution is 2.34. The van der Waals surface area contributed by atoms with Crippen molar-refractivity contribution in [3.63, 3.8) is 0 Å². The molecule has 3 nitrogen and oxygen atoms in total. The standard InChI is InChI=1S/C16H20BrN3/c1-11-4-3-9-20(15(11)10-18)16-13-5-2-6-14(17)12(13)7-8-19-16/h2,5-8,11,15H,3-4,9-10,18H2,1H3. The molecule has 0 bridgehead atoms. The Morgan fingerprint density at radius 3 is 3.00 bits per heavy atom. The van der Waals surface area contributed by atoms with Gasteiger partial charge in [0.15, 0.2) is 0 Å². The molecule has 1 aromatic carbocycles. The smallest absolute Gasteiger partial charge is 0.136 e. The van der Waals surface area contributed by atoms with Crippen molar-refractivity contribution in [2.45, 2.75) is 25.8 Å². The van der Waals surface area contributed by atoms with E-state index in [1.54, 1.807) is 0 Å². The molecule has 0 aliphatic carbocycles. The maximum Gasteiger partial charge on any atom is 0.136 e. The summed E-state index contributed by atoms with van der Waals surface area (Å²) in [6.07, 6.45) is 4.37. The molecule has 1 aromatic heterocycles. The Balaban J connectivity index is 2.11. The maximum atomic E-state index is 6.02. The molecule has 0 saturated carbocycles. The van der Waals surface area contributed by atoms with E-state index < -0.39 is 0 Å². The Bertz CT molecular complexity index is 614. The van der Waals surface area contributed by atoms with E-state index in [4.69, 9.17) is 5.73 Å². The van der Waals surface area contributed by atoms with Crippen LogP contribution in [-0.2, 0) is 0 Å². The fourth-order valence-electron chi connectivity index (χ4n) is 3.25.